The molecule has 2 aliphatic carbocycles. The van der Waals surface area contributed by atoms with Crippen LogP contribution in [0.5, 0.6) is 0 Å². The first kappa shape index (κ1) is 14.0. The highest BCUT2D eigenvalue weighted by Gasteiger charge is 2.22. The number of rotatable bonds is 7. The Hall–Kier alpha value is -0.930. The maximum Gasteiger partial charge on any atom is 0.0547 e. The van der Waals surface area contributed by atoms with Crippen molar-refractivity contribution in [1.82, 2.24) is 15.2 Å². The maximum absolute atomic E-state index is 4.83. The molecule has 0 aliphatic heterocycles. The van der Waals surface area contributed by atoms with E-state index in [0.29, 0.717) is 0 Å². The highest BCUT2D eigenvalue weighted by atomic mass is 15.2. The number of hydrogen-bond donors (Lipinski definition) is 1. The Morgan fingerprint density at radius 1 is 1.15 bits per heavy atom. The fourth-order valence-electron chi connectivity index (χ4n) is 3.23. The van der Waals surface area contributed by atoms with Crippen LogP contribution in [0.4, 0.5) is 0 Å². The number of pyridine rings is 1. The van der Waals surface area contributed by atoms with Crippen molar-refractivity contribution in [1.29, 1.82) is 0 Å². The zero-order valence-corrected chi connectivity index (χ0v) is 12.6. The molecule has 3 heteroatoms. The van der Waals surface area contributed by atoms with Gasteiger partial charge in [0.15, 0.2) is 0 Å². The molecule has 0 spiro atoms. The van der Waals surface area contributed by atoms with Gasteiger partial charge < -0.3 is 5.32 Å². The summed E-state index contributed by atoms with van der Waals surface area (Å²) in [5, 5.41) is 3.55. The van der Waals surface area contributed by atoms with Crippen LogP contribution in [0.1, 0.15) is 56.8 Å². The second-order valence-electron chi connectivity index (χ2n) is 6.28. The quantitative estimate of drug-likeness (QED) is 0.827. The largest absolute Gasteiger partial charge is 0.308 e. The maximum atomic E-state index is 4.83. The van der Waals surface area contributed by atoms with Crippen LogP contribution in [0, 0.1) is 0 Å². The van der Waals surface area contributed by atoms with E-state index >= 15 is 0 Å². The van der Waals surface area contributed by atoms with E-state index < -0.39 is 0 Å². The van der Waals surface area contributed by atoms with Gasteiger partial charge in [-0.2, -0.15) is 0 Å². The van der Waals surface area contributed by atoms with Crippen LogP contribution in [0.2, 0.25) is 0 Å². The average molecular weight is 273 g/mol. The molecule has 3 nitrogen and oxygen atoms in total. The molecule has 0 atom stereocenters. The zero-order valence-electron chi connectivity index (χ0n) is 12.6. The molecule has 1 N–H and O–H groups in total. The molecular weight excluding hydrogens is 246 g/mol. The van der Waals surface area contributed by atoms with Crippen LogP contribution in [0.3, 0.4) is 0 Å². The predicted octanol–water partition coefficient (Wildman–Crippen LogP) is 3.10. The van der Waals surface area contributed by atoms with E-state index in [4.69, 9.17) is 4.98 Å². The summed E-state index contributed by atoms with van der Waals surface area (Å²) in [6, 6.07) is 8.03. The average Bonchev–Trinajstić information content (AvgIpc) is 3.15. The third-order valence-electron chi connectivity index (χ3n) is 4.63. The standard InChI is InChI=1S/C17H27N3/c1-2-20(17-8-3-4-9-17)13-16-7-5-6-15(19-16)12-18-14-10-11-14/h5-7,14,17-18H,2-4,8-13H2,1H3. The first-order valence-electron chi connectivity index (χ1n) is 8.27. The number of nitrogens with one attached hydrogen (secondary N) is 1. The van der Waals surface area contributed by atoms with Crippen LogP contribution in [-0.2, 0) is 13.1 Å². The van der Waals surface area contributed by atoms with Gasteiger partial charge in [-0.15, -0.1) is 0 Å². The third kappa shape index (κ3) is 3.80. The molecule has 1 aromatic rings. The molecule has 0 unspecified atom stereocenters. The normalized spacial score (nSPS) is 19.9. The van der Waals surface area contributed by atoms with Gasteiger partial charge in [-0.1, -0.05) is 25.8 Å². The van der Waals surface area contributed by atoms with Crippen LogP contribution >= 0.6 is 0 Å². The van der Waals surface area contributed by atoms with Crippen molar-refractivity contribution in [3.63, 3.8) is 0 Å². The minimum absolute atomic E-state index is 0.756. The van der Waals surface area contributed by atoms with Gasteiger partial charge in [0.05, 0.1) is 11.4 Å². The lowest BCUT2D eigenvalue weighted by Crippen LogP contribution is -2.32. The van der Waals surface area contributed by atoms with Crippen LogP contribution in [-0.4, -0.2) is 28.5 Å². The molecule has 110 valence electrons. The lowest BCUT2D eigenvalue weighted by atomic mass is 10.2. The fourth-order valence-corrected chi connectivity index (χ4v) is 3.23. The van der Waals surface area contributed by atoms with E-state index in [0.717, 1.165) is 31.7 Å². The lowest BCUT2D eigenvalue weighted by molar-refractivity contribution is 0.198. The summed E-state index contributed by atoms with van der Waals surface area (Å²) in [6.07, 6.45) is 8.23. The Balaban J connectivity index is 1.58. The SMILES string of the molecule is CCN(Cc1cccc(CNC2CC2)n1)C1CCCC1. The Bertz CT molecular complexity index is 422. The van der Waals surface area contributed by atoms with Crippen molar-refractivity contribution < 1.29 is 0 Å². The Labute approximate surface area is 122 Å². The van der Waals surface area contributed by atoms with Crippen molar-refractivity contribution in [2.45, 2.75) is 70.6 Å². The van der Waals surface area contributed by atoms with Crippen LogP contribution in [0.15, 0.2) is 18.2 Å². The van der Waals surface area contributed by atoms with Gasteiger partial charge in [0.2, 0.25) is 0 Å². The van der Waals surface area contributed by atoms with Crippen molar-refractivity contribution in [3.8, 4) is 0 Å². The second kappa shape index (κ2) is 6.68. The number of nitrogens with zero attached hydrogens (tertiary/aromatic N) is 2. The van der Waals surface area contributed by atoms with E-state index in [2.05, 4.69) is 35.3 Å². The van der Waals surface area contributed by atoms with E-state index in [1.807, 2.05) is 0 Å². The molecule has 20 heavy (non-hydrogen) atoms. The van der Waals surface area contributed by atoms with Crippen molar-refractivity contribution in [2.24, 2.45) is 0 Å². The van der Waals surface area contributed by atoms with Gasteiger partial charge in [-0.25, -0.2) is 0 Å². The molecule has 0 bridgehead atoms. The molecule has 2 fully saturated rings. The molecule has 3 rings (SSSR count). The molecular formula is C17H27N3. The molecule has 0 aromatic carbocycles. The zero-order chi connectivity index (χ0) is 13.8. The third-order valence-corrected chi connectivity index (χ3v) is 4.63. The van der Waals surface area contributed by atoms with Crippen LogP contribution in [0.25, 0.3) is 0 Å². The number of hydrogen-bond acceptors (Lipinski definition) is 3. The monoisotopic (exact) mass is 273 g/mol. The molecule has 2 saturated carbocycles. The summed E-state index contributed by atoms with van der Waals surface area (Å²) in [5.41, 5.74) is 2.42. The summed E-state index contributed by atoms with van der Waals surface area (Å²) < 4.78 is 0. The topological polar surface area (TPSA) is 28.2 Å². The van der Waals surface area contributed by atoms with Gasteiger partial charge >= 0.3 is 0 Å². The van der Waals surface area contributed by atoms with Gasteiger partial charge in [0.25, 0.3) is 0 Å². The Morgan fingerprint density at radius 3 is 2.60 bits per heavy atom. The van der Waals surface area contributed by atoms with Crippen LogP contribution < -0.4 is 5.32 Å². The highest BCUT2D eigenvalue weighted by Crippen LogP contribution is 2.24. The first-order valence-corrected chi connectivity index (χ1v) is 8.27. The minimum Gasteiger partial charge on any atom is -0.308 e. The van der Waals surface area contributed by atoms with Gasteiger partial charge in [-0.3, -0.25) is 9.88 Å². The number of aromatic nitrogens is 1. The van der Waals surface area contributed by atoms with E-state index in [1.165, 1.54) is 49.9 Å². The van der Waals surface area contributed by atoms with Gasteiger partial charge in [-0.05, 0) is 44.4 Å². The van der Waals surface area contributed by atoms with Crippen molar-refractivity contribution >= 4 is 0 Å². The molecule has 1 aromatic heterocycles. The highest BCUT2D eigenvalue weighted by molar-refractivity contribution is 5.11. The summed E-state index contributed by atoms with van der Waals surface area (Å²) >= 11 is 0. The molecule has 2 aliphatic rings. The van der Waals surface area contributed by atoms with E-state index in [1.54, 1.807) is 0 Å². The smallest absolute Gasteiger partial charge is 0.0547 e. The molecule has 0 saturated heterocycles. The lowest BCUT2D eigenvalue weighted by Gasteiger charge is -2.27. The molecule has 0 radical (unpaired) electrons. The minimum atomic E-state index is 0.756. The first-order chi connectivity index (χ1) is 9.85. The Kier molecular flexibility index (Phi) is 4.69. The molecule has 0 amide bonds. The van der Waals surface area contributed by atoms with Gasteiger partial charge in [0, 0.05) is 25.2 Å². The summed E-state index contributed by atoms with van der Waals surface area (Å²) in [5.74, 6) is 0. The van der Waals surface area contributed by atoms with E-state index in [-0.39, 0.29) is 0 Å². The van der Waals surface area contributed by atoms with Crippen molar-refractivity contribution in [2.75, 3.05) is 6.54 Å². The summed E-state index contributed by atoms with van der Waals surface area (Å²) in [6.45, 7) is 5.35. The Morgan fingerprint density at radius 2 is 1.90 bits per heavy atom. The van der Waals surface area contributed by atoms with Gasteiger partial charge in [0.1, 0.15) is 0 Å². The second-order valence-corrected chi connectivity index (χ2v) is 6.28. The van der Waals surface area contributed by atoms with E-state index in [9.17, 15) is 0 Å². The molecule has 1 heterocycles. The predicted molar refractivity (Wildman–Crippen MR) is 82.4 cm³/mol. The fraction of sp³-hybridized carbons (Fsp3) is 0.706. The van der Waals surface area contributed by atoms with Crippen molar-refractivity contribution in [3.05, 3.63) is 29.6 Å². The summed E-state index contributed by atoms with van der Waals surface area (Å²) in [7, 11) is 0. The summed E-state index contributed by atoms with van der Waals surface area (Å²) in [4.78, 5) is 7.43.